The van der Waals surface area contributed by atoms with E-state index in [0.717, 1.165) is 24.5 Å². The number of likely N-dealkylation sites (N-methyl/N-ethyl adjacent to an activating group) is 1. The highest BCUT2D eigenvalue weighted by atomic mass is 15.3. The Hall–Kier alpha value is -1.03. The second kappa shape index (κ2) is 4.46. The summed E-state index contributed by atoms with van der Waals surface area (Å²) in [6, 6.07) is 0. The fraction of sp³-hybridized carbons (Fsp3) is 0.700. The smallest absolute Gasteiger partial charge is 0.0735 e. The lowest BCUT2D eigenvalue weighted by molar-refractivity contribution is 0.368. The predicted molar refractivity (Wildman–Crippen MR) is 59.3 cm³/mol. The Bertz CT molecular complexity index is 288. The summed E-state index contributed by atoms with van der Waals surface area (Å²) in [5.74, 6) is 0.430. The monoisotopic (exact) mass is 196 g/mol. The summed E-state index contributed by atoms with van der Waals surface area (Å²) in [6.07, 6.45) is 1.74. The molecule has 14 heavy (non-hydrogen) atoms. The average Bonchev–Trinajstić information content (AvgIpc) is 2.43. The molecular weight excluding hydrogens is 176 g/mol. The Balaban J connectivity index is 2.76. The molecule has 1 aromatic rings. The Morgan fingerprint density at radius 3 is 2.64 bits per heavy atom. The van der Waals surface area contributed by atoms with Crippen LogP contribution in [0.3, 0.4) is 0 Å². The van der Waals surface area contributed by atoms with Gasteiger partial charge in [0, 0.05) is 6.54 Å². The Morgan fingerprint density at radius 1 is 1.50 bits per heavy atom. The zero-order chi connectivity index (χ0) is 10.7. The van der Waals surface area contributed by atoms with E-state index < -0.39 is 0 Å². The molecule has 0 aliphatic rings. The highest BCUT2D eigenvalue weighted by Crippen LogP contribution is 2.20. The normalized spacial score (nSPS) is 11.6. The molecule has 0 aromatic carbocycles. The van der Waals surface area contributed by atoms with Gasteiger partial charge in [0.25, 0.3) is 0 Å². The Kier molecular flexibility index (Phi) is 3.52. The van der Waals surface area contributed by atoms with Gasteiger partial charge in [0.2, 0.25) is 0 Å². The van der Waals surface area contributed by atoms with E-state index in [1.165, 1.54) is 0 Å². The topological polar surface area (TPSA) is 47.1 Å². The molecule has 0 saturated heterocycles. The van der Waals surface area contributed by atoms with E-state index in [1.807, 2.05) is 4.68 Å². The SMILES string of the molecule is CC(C)c1c(N)cnn1CCN(C)C. The van der Waals surface area contributed by atoms with Gasteiger partial charge in [0.05, 0.1) is 24.1 Å². The van der Waals surface area contributed by atoms with Gasteiger partial charge < -0.3 is 10.6 Å². The maximum Gasteiger partial charge on any atom is 0.0735 e. The number of hydrogen-bond acceptors (Lipinski definition) is 3. The number of rotatable bonds is 4. The van der Waals surface area contributed by atoms with Crippen molar-refractivity contribution in [2.75, 3.05) is 26.4 Å². The van der Waals surface area contributed by atoms with Crippen molar-refractivity contribution in [1.29, 1.82) is 0 Å². The molecule has 0 radical (unpaired) electrons. The van der Waals surface area contributed by atoms with Crippen LogP contribution in [0, 0.1) is 0 Å². The summed E-state index contributed by atoms with van der Waals surface area (Å²) >= 11 is 0. The highest BCUT2D eigenvalue weighted by Gasteiger charge is 2.11. The van der Waals surface area contributed by atoms with Crippen LogP contribution in [0.25, 0.3) is 0 Å². The Labute approximate surface area is 85.7 Å². The molecule has 4 nitrogen and oxygen atoms in total. The summed E-state index contributed by atoms with van der Waals surface area (Å²) in [5.41, 5.74) is 7.80. The summed E-state index contributed by atoms with van der Waals surface area (Å²) in [5, 5.41) is 4.27. The van der Waals surface area contributed by atoms with Gasteiger partial charge in [0.1, 0.15) is 0 Å². The van der Waals surface area contributed by atoms with E-state index in [1.54, 1.807) is 6.20 Å². The van der Waals surface area contributed by atoms with Crippen LogP contribution in [-0.2, 0) is 6.54 Å². The van der Waals surface area contributed by atoms with E-state index in [2.05, 4.69) is 37.9 Å². The van der Waals surface area contributed by atoms with E-state index in [4.69, 9.17) is 5.73 Å². The lowest BCUT2D eigenvalue weighted by Crippen LogP contribution is -2.20. The summed E-state index contributed by atoms with van der Waals surface area (Å²) in [7, 11) is 4.11. The van der Waals surface area contributed by atoms with Crippen molar-refractivity contribution in [3.8, 4) is 0 Å². The lowest BCUT2D eigenvalue weighted by Gasteiger charge is -2.14. The van der Waals surface area contributed by atoms with Gasteiger partial charge in [0.15, 0.2) is 0 Å². The van der Waals surface area contributed by atoms with Crippen LogP contribution >= 0.6 is 0 Å². The van der Waals surface area contributed by atoms with Crippen LogP contribution in [-0.4, -0.2) is 35.3 Å². The van der Waals surface area contributed by atoms with Crippen molar-refractivity contribution in [2.45, 2.75) is 26.3 Å². The molecule has 0 fully saturated rings. The van der Waals surface area contributed by atoms with Gasteiger partial charge in [-0.2, -0.15) is 5.10 Å². The van der Waals surface area contributed by atoms with Crippen LogP contribution in [0.15, 0.2) is 6.20 Å². The number of anilines is 1. The predicted octanol–water partition coefficient (Wildman–Crippen LogP) is 1.15. The van der Waals surface area contributed by atoms with Crippen LogP contribution in [0.2, 0.25) is 0 Å². The average molecular weight is 196 g/mol. The van der Waals surface area contributed by atoms with Gasteiger partial charge in [-0.1, -0.05) is 13.8 Å². The largest absolute Gasteiger partial charge is 0.396 e. The quantitative estimate of drug-likeness (QED) is 0.786. The van der Waals surface area contributed by atoms with Gasteiger partial charge in [-0.3, -0.25) is 4.68 Å². The summed E-state index contributed by atoms with van der Waals surface area (Å²) in [6.45, 7) is 6.16. The minimum atomic E-state index is 0.430. The molecule has 0 amide bonds. The van der Waals surface area contributed by atoms with Crippen molar-refractivity contribution in [1.82, 2.24) is 14.7 Å². The molecule has 0 spiro atoms. The zero-order valence-corrected chi connectivity index (χ0v) is 9.49. The number of nitrogen functional groups attached to an aromatic ring is 1. The third-order valence-electron chi connectivity index (χ3n) is 2.22. The number of nitrogens with zero attached hydrogens (tertiary/aromatic N) is 3. The minimum absolute atomic E-state index is 0.430. The fourth-order valence-electron chi connectivity index (χ4n) is 1.51. The second-order valence-electron chi connectivity index (χ2n) is 4.17. The molecule has 0 unspecified atom stereocenters. The van der Waals surface area contributed by atoms with E-state index in [0.29, 0.717) is 5.92 Å². The first kappa shape index (κ1) is 11.0. The molecule has 1 heterocycles. The first-order valence-electron chi connectivity index (χ1n) is 4.98. The molecule has 0 atom stereocenters. The molecule has 2 N–H and O–H groups in total. The number of aromatic nitrogens is 2. The zero-order valence-electron chi connectivity index (χ0n) is 9.49. The van der Waals surface area contributed by atoms with E-state index >= 15 is 0 Å². The molecule has 0 aliphatic carbocycles. The number of nitrogens with two attached hydrogens (primary N) is 1. The first-order valence-corrected chi connectivity index (χ1v) is 4.98. The van der Waals surface area contributed by atoms with E-state index in [-0.39, 0.29) is 0 Å². The van der Waals surface area contributed by atoms with E-state index in [9.17, 15) is 0 Å². The third-order valence-corrected chi connectivity index (χ3v) is 2.22. The first-order chi connectivity index (χ1) is 6.52. The van der Waals surface area contributed by atoms with Crippen molar-refractivity contribution >= 4 is 5.69 Å². The maximum absolute atomic E-state index is 5.85. The van der Waals surface area contributed by atoms with Gasteiger partial charge >= 0.3 is 0 Å². The van der Waals surface area contributed by atoms with Gasteiger partial charge in [-0.15, -0.1) is 0 Å². The Morgan fingerprint density at radius 2 is 2.14 bits per heavy atom. The molecule has 1 rings (SSSR count). The molecule has 1 aromatic heterocycles. The van der Waals surface area contributed by atoms with Crippen molar-refractivity contribution in [2.24, 2.45) is 0 Å². The highest BCUT2D eigenvalue weighted by molar-refractivity contribution is 5.42. The molecule has 0 bridgehead atoms. The fourth-order valence-corrected chi connectivity index (χ4v) is 1.51. The summed E-state index contributed by atoms with van der Waals surface area (Å²) < 4.78 is 2.00. The molecule has 80 valence electrons. The maximum atomic E-state index is 5.85. The van der Waals surface area contributed by atoms with Crippen molar-refractivity contribution in [3.63, 3.8) is 0 Å². The standard InChI is InChI=1S/C10H20N4/c1-8(2)10-9(11)7-12-14(10)6-5-13(3)4/h7-8H,5-6,11H2,1-4H3. The molecule has 4 heteroatoms. The second-order valence-corrected chi connectivity index (χ2v) is 4.17. The van der Waals surface area contributed by atoms with Crippen LogP contribution in [0.5, 0.6) is 0 Å². The molecule has 0 aliphatic heterocycles. The molecular formula is C10H20N4. The van der Waals surface area contributed by atoms with Crippen molar-refractivity contribution in [3.05, 3.63) is 11.9 Å². The third kappa shape index (κ3) is 2.48. The van der Waals surface area contributed by atoms with Crippen LogP contribution in [0.1, 0.15) is 25.5 Å². The molecule has 0 saturated carbocycles. The van der Waals surface area contributed by atoms with Crippen LogP contribution in [0.4, 0.5) is 5.69 Å². The summed E-state index contributed by atoms with van der Waals surface area (Å²) in [4.78, 5) is 2.14. The lowest BCUT2D eigenvalue weighted by atomic mass is 10.1. The van der Waals surface area contributed by atoms with Gasteiger partial charge in [-0.25, -0.2) is 0 Å². The van der Waals surface area contributed by atoms with Crippen LogP contribution < -0.4 is 5.73 Å². The number of hydrogen-bond donors (Lipinski definition) is 1. The van der Waals surface area contributed by atoms with Crippen molar-refractivity contribution < 1.29 is 0 Å². The van der Waals surface area contributed by atoms with Gasteiger partial charge in [-0.05, 0) is 20.0 Å². The minimum Gasteiger partial charge on any atom is -0.396 e.